The topological polar surface area (TPSA) is 63.7 Å². The van der Waals surface area contributed by atoms with Gasteiger partial charge in [-0.2, -0.15) is 0 Å². The standard InChI is InChI=1S/C11H7FINO4/c12-7-3-1-2-6(10(7)13)11(17)18-14-8(15)4-5-9(14)16/h1-3H,4-5H2. The molecule has 0 bridgehead atoms. The lowest BCUT2D eigenvalue weighted by molar-refractivity contribution is -0.172. The molecule has 1 aliphatic heterocycles. The summed E-state index contributed by atoms with van der Waals surface area (Å²) >= 11 is 1.65. The normalized spacial score (nSPS) is 15.1. The van der Waals surface area contributed by atoms with E-state index in [2.05, 4.69) is 4.84 Å². The van der Waals surface area contributed by atoms with Crippen LogP contribution in [0.4, 0.5) is 4.39 Å². The Morgan fingerprint density at radius 1 is 1.28 bits per heavy atom. The molecule has 0 aliphatic carbocycles. The van der Waals surface area contributed by atoms with Crippen LogP contribution in [0.15, 0.2) is 18.2 Å². The maximum Gasteiger partial charge on any atom is 0.365 e. The predicted octanol–water partition coefficient (Wildman–Crippen LogP) is 1.65. The molecule has 0 atom stereocenters. The molecule has 0 N–H and O–H groups in total. The molecule has 0 unspecified atom stereocenters. The Hall–Kier alpha value is -1.51. The summed E-state index contributed by atoms with van der Waals surface area (Å²) in [5.74, 6) is -2.63. The molecule has 5 nitrogen and oxygen atoms in total. The third-order valence-electron chi connectivity index (χ3n) is 2.35. The molecular formula is C11H7FINO4. The molecule has 94 valence electrons. The average molecular weight is 363 g/mol. The van der Waals surface area contributed by atoms with Crippen molar-refractivity contribution in [2.75, 3.05) is 0 Å². The molecule has 2 amide bonds. The van der Waals surface area contributed by atoms with Crippen molar-refractivity contribution in [3.63, 3.8) is 0 Å². The van der Waals surface area contributed by atoms with E-state index in [-0.39, 0.29) is 22.0 Å². The molecule has 2 rings (SSSR count). The van der Waals surface area contributed by atoms with Crippen molar-refractivity contribution in [1.82, 2.24) is 5.06 Å². The minimum absolute atomic E-state index is 0.0202. The van der Waals surface area contributed by atoms with Crippen molar-refractivity contribution in [1.29, 1.82) is 0 Å². The molecule has 0 aromatic heterocycles. The predicted molar refractivity (Wildman–Crippen MR) is 65.6 cm³/mol. The highest BCUT2D eigenvalue weighted by Crippen LogP contribution is 2.19. The first-order chi connectivity index (χ1) is 8.50. The SMILES string of the molecule is O=C(ON1C(=O)CCC1=O)c1cccc(F)c1I. The first kappa shape index (κ1) is 12.9. The lowest BCUT2D eigenvalue weighted by atomic mass is 10.2. The number of nitrogens with zero attached hydrogens (tertiary/aromatic N) is 1. The number of hydroxylamine groups is 2. The van der Waals surface area contributed by atoms with Crippen LogP contribution >= 0.6 is 22.6 Å². The number of hydrogen-bond donors (Lipinski definition) is 0. The van der Waals surface area contributed by atoms with Crippen LogP contribution in [0.2, 0.25) is 0 Å². The van der Waals surface area contributed by atoms with Gasteiger partial charge in [0.05, 0.1) is 9.13 Å². The second kappa shape index (κ2) is 5.01. The van der Waals surface area contributed by atoms with Gasteiger partial charge in [0.1, 0.15) is 5.82 Å². The zero-order chi connectivity index (χ0) is 13.3. The van der Waals surface area contributed by atoms with Gasteiger partial charge >= 0.3 is 5.97 Å². The van der Waals surface area contributed by atoms with Gasteiger partial charge in [-0.05, 0) is 34.7 Å². The van der Waals surface area contributed by atoms with Gasteiger partial charge < -0.3 is 4.84 Å². The van der Waals surface area contributed by atoms with Crippen LogP contribution in [0.3, 0.4) is 0 Å². The molecule has 7 heteroatoms. The van der Waals surface area contributed by atoms with E-state index in [1.165, 1.54) is 18.2 Å². The van der Waals surface area contributed by atoms with Gasteiger partial charge in [-0.1, -0.05) is 6.07 Å². The number of rotatable bonds is 2. The molecule has 1 aromatic carbocycles. The second-order valence-electron chi connectivity index (χ2n) is 3.56. The van der Waals surface area contributed by atoms with E-state index in [4.69, 9.17) is 0 Å². The summed E-state index contributed by atoms with van der Waals surface area (Å²) in [6, 6.07) is 3.91. The fraction of sp³-hybridized carbons (Fsp3) is 0.182. The first-order valence-corrected chi connectivity index (χ1v) is 6.10. The molecular weight excluding hydrogens is 356 g/mol. The quantitative estimate of drug-likeness (QED) is 0.592. The van der Waals surface area contributed by atoms with Crippen LogP contribution in [0.25, 0.3) is 0 Å². The Kier molecular flexibility index (Phi) is 3.60. The van der Waals surface area contributed by atoms with Gasteiger partial charge in [-0.3, -0.25) is 9.59 Å². The zero-order valence-corrected chi connectivity index (χ0v) is 11.1. The molecule has 1 heterocycles. The summed E-state index contributed by atoms with van der Waals surface area (Å²) in [6.45, 7) is 0. The fourth-order valence-corrected chi connectivity index (χ4v) is 2.03. The zero-order valence-electron chi connectivity index (χ0n) is 8.98. The van der Waals surface area contributed by atoms with E-state index in [0.717, 1.165) is 0 Å². The molecule has 1 aliphatic rings. The van der Waals surface area contributed by atoms with Crippen LogP contribution in [-0.2, 0) is 14.4 Å². The van der Waals surface area contributed by atoms with E-state index in [9.17, 15) is 18.8 Å². The van der Waals surface area contributed by atoms with Crippen molar-refractivity contribution >= 4 is 40.4 Å². The van der Waals surface area contributed by atoms with Crippen molar-refractivity contribution < 1.29 is 23.6 Å². The summed E-state index contributed by atoms with van der Waals surface area (Å²) in [6.07, 6.45) is 0.0404. The lowest BCUT2D eigenvalue weighted by Crippen LogP contribution is -2.32. The van der Waals surface area contributed by atoms with Crippen molar-refractivity contribution in [3.8, 4) is 0 Å². The Labute approximate surface area is 115 Å². The van der Waals surface area contributed by atoms with Gasteiger partial charge in [0.25, 0.3) is 11.8 Å². The maximum atomic E-state index is 13.2. The highest BCUT2D eigenvalue weighted by molar-refractivity contribution is 14.1. The molecule has 18 heavy (non-hydrogen) atoms. The van der Waals surface area contributed by atoms with Crippen LogP contribution in [-0.4, -0.2) is 22.8 Å². The number of carbonyl (C=O) groups excluding carboxylic acids is 3. The smallest absolute Gasteiger partial charge is 0.325 e. The number of halogens is 2. The van der Waals surface area contributed by atoms with Gasteiger partial charge in [0, 0.05) is 12.8 Å². The molecule has 1 fully saturated rings. The Balaban J connectivity index is 2.20. The van der Waals surface area contributed by atoms with Gasteiger partial charge in [-0.15, -0.1) is 5.06 Å². The summed E-state index contributed by atoms with van der Waals surface area (Å²) in [4.78, 5) is 38.9. The third-order valence-corrected chi connectivity index (χ3v) is 3.45. The first-order valence-electron chi connectivity index (χ1n) is 5.03. The van der Waals surface area contributed by atoms with E-state index in [1.54, 1.807) is 22.6 Å². The number of benzene rings is 1. The van der Waals surface area contributed by atoms with Crippen LogP contribution < -0.4 is 0 Å². The van der Waals surface area contributed by atoms with Gasteiger partial charge in [0.2, 0.25) is 0 Å². The molecule has 1 aromatic rings. The van der Waals surface area contributed by atoms with Gasteiger partial charge in [-0.25, -0.2) is 9.18 Å². The summed E-state index contributed by atoms with van der Waals surface area (Å²) in [5.41, 5.74) is -0.0249. The lowest BCUT2D eigenvalue weighted by Gasteiger charge is -2.13. The Morgan fingerprint density at radius 2 is 1.89 bits per heavy atom. The fourth-order valence-electron chi connectivity index (χ4n) is 1.45. The van der Waals surface area contributed by atoms with Crippen molar-refractivity contribution in [2.45, 2.75) is 12.8 Å². The van der Waals surface area contributed by atoms with Crippen molar-refractivity contribution in [3.05, 3.63) is 33.1 Å². The number of imide groups is 1. The summed E-state index contributed by atoms with van der Waals surface area (Å²) in [7, 11) is 0. The van der Waals surface area contributed by atoms with Crippen LogP contribution in [0, 0.1) is 9.39 Å². The molecule has 0 spiro atoms. The highest BCUT2D eigenvalue weighted by Gasteiger charge is 2.33. The average Bonchev–Trinajstić information content (AvgIpc) is 2.64. The molecule has 0 radical (unpaired) electrons. The van der Waals surface area contributed by atoms with E-state index < -0.39 is 23.6 Å². The van der Waals surface area contributed by atoms with E-state index in [1.807, 2.05) is 0 Å². The number of amides is 2. The van der Waals surface area contributed by atoms with E-state index in [0.29, 0.717) is 5.06 Å². The Morgan fingerprint density at radius 3 is 2.50 bits per heavy atom. The minimum atomic E-state index is -0.928. The van der Waals surface area contributed by atoms with Gasteiger partial charge in [0.15, 0.2) is 0 Å². The number of hydrogen-bond acceptors (Lipinski definition) is 4. The largest absolute Gasteiger partial charge is 0.365 e. The third kappa shape index (κ3) is 2.35. The van der Waals surface area contributed by atoms with E-state index >= 15 is 0 Å². The second-order valence-corrected chi connectivity index (χ2v) is 4.64. The van der Waals surface area contributed by atoms with Crippen molar-refractivity contribution in [2.24, 2.45) is 0 Å². The Bertz CT molecular complexity index is 530. The summed E-state index contributed by atoms with van der Waals surface area (Å²) in [5, 5.41) is 0.434. The monoisotopic (exact) mass is 363 g/mol. The highest BCUT2D eigenvalue weighted by atomic mass is 127. The molecule has 1 saturated heterocycles. The molecule has 0 saturated carbocycles. The maximum absolute atomic E-state index is 13.2. The summed E-state index contributed by atoms with van der Waals surface area (Å²) < 4.78 is 13.3. The van der Waals surface area contributed by atoms with Crippen LogP contribution in [0.1, 0.15) is 23.2 Å². The minimum Gasteiger partial charge on any atom is -0.325 e. The van der Waals surface area contributed by atoms with Crippen LogP contribution in [0.5, 0.6) is 0 Å². The number of carbonyl (C=O) groups is 3.